The summed E-state index contributed by atoms with van der Waals surface area (Å²) in [5, 5.41) is 8.92. The summed E-state index contributed by atoms with van der Waals surface area (Å²) in [6, 6.07) is 14.9. The van der Waals surface area contributed by atoms with E-state index in [4.69, 9.17) is 11.1 Å². The molecular weight excluding hydrogens is 526 g/mol. The Morgan fingerprint density at radius 2 is 1.50 bits per heavy atom. The van der Waals surface area contributed by atoms with Crippen molar-refractivity contribution in [3.63, 3.8) is 0 Å². The fraction of sp³-hybridized carbons (Fsp3) is 0.192. The summed E-state index contributed by atoms with van der Waals surface area (Å²) in [4.78, 5) is 28.0. The van der Waals surface area contributed by atoms with E-state index < -0.39 is 27.8 Å². The number of aryl methyl sites for hydroxylation is 2. The molecule has 12 heteroatoms. The molecule has 2 aromatic carbocycles. The highest BCUT2D eigenvalue weighted by molar-refractivity contribution is 8.13. The van der Waals surface area contributed by atoms with Crippen LogP contribution in [0.3, 0.4) is 0 Å². The maximum absolute atomic E-state index is 13.7. The highest BCUT2D eigenvalue weighted by atomic mass is 32.2. The maximum Gasteiger partial charge on any atom is 0.283 e. The number of fused-ring (bicyclic) bond motifs is 2. The van der Waals surface area contributed by atoms with Crippen molar-refractivity contribution >= 4 is 71.8 Å². The number of nitrogens with zero attached hydrogens (tertiary/aromatic N) is 3. The molecule has 196 valence electrons. The van der Waals surface area contributed by atoms with E-state index >= 15 is 0 Å². The number of nitrogens with two attached hydrogens (primary N) is 1. The van der Waals surface area contributed by atoms with Crippen LogP contribution < -0.4 is 5.73 Å². The molecule has 2 amide bonds. The Morgan fingerprint density at radius 1 is 0.947 bits per heavy atom. The quantitative estimate of drug-likeness (QED) is 0.0999. The van der Waals surface area contributed by atoms with Crippen molar-refractivity contribution in [3.05, 3.63) is 72.1 Å². The number of hydrogen-bond donors (Lipinski definition) is 3. The summed E-state index contributed by atoms with van der Waals surface area (Å²) in [5.74, 6) is -2.07. The van der Waals surface area contributed by atoms with Crippen molar-refractivity contribution in [3.8, 4) is 0 Å². The zero-order chi connectivity index (χ0) is 27.2. The smallest absolute Gasteiger partial charge is 0.283 e. The molecule has 0 fully saturated rings. The molecule has 10 nitrogen and oxygen atoms in total. The number of amides is 2. The molecule has 0 unspecified atom stereocenters. The molecule has 3 heterocycles. The summed E-state index contributed by atoms with van der Waals surface area (Å²) >= 11 is 1.25. The lowest BCUT2D eigenvalue weighted by Crippen LogP contribution is -2.36. The number of aromatic nitrogens is 2. The lowest BCUT2D eigenvalue weighted by atomic mass is 9.95. The normalized spacial score (nSPS) is 14.4. The van der Waals surface area contributed by atoms with Gasteiger partial charge in [-0.05, 0) is 18.6 Å². The van der Waals surface area contributed by atoms with E-state index in [2.05, 4.69) is 0 Å². The lowest BCUT2D eigenvalue weighted by molar-refractivity contribution is -0.135. The fourth-order valence-electron chi connectivity index (χ4n) is 4.95. The second-order valence-electron chi connectivity index (χ2n) is 8.99. The predicted molar refractivity (Wildman–Crippen MR) is 149 cm³/mol. The maximum atomic E-state index is 13.7. The second-order valence-corrected chi connectivity index (χ2v) is 11.5. The topological polar surface area (TPSA) is 151 Å². The molecule has 0 radical (unpaired) electrons. The van der Waals surface area contributed by atoms with E-state index in [1.165, 1.54) is 11.8 Å². The third-order valence-electron chi connectivity index (χ3n) is 6.49. The van der Waals surface area contributed by atoms with E-state index in [0.717, 1.165) is 21.8 Å². The third kappa shape index (κ3) is 4.62. The number of thioether (sulfide) groups is 1. The molecule has 4 N–H and O–H groups in total. The molecule has 38 heavy (non-hydrogen) atoms. The third-order valence-corrected chi connectivity index (χ3v) is 7.87. The number of carbonyl (C=O) groups is 2. The van der Waals surface area contributed by atoms with Gasteiger partial charge in [-0.25, -0.2) is 0 Å². The van der Waals surface area contributed by atoms with Crippen molar-refractivity contribution < 1.29 is 22.6 Å². The van der Waals surface area contributed by atoms with Gasteiger partial charge in [0.05, 0.1) is 11.1 Å². The van der Waals surface area contributed by atoms with E-state index in [1.807, 2.05) is 64.7 Å². The zero-order valence-corrected chi connectivity index (χ0v) is 22.1. The van der Waals surface area contributed by atoms with Gasteiger partial charge in [0.1, 0.15) is 0 Å². The number of hydrogen-bond acceptors (Lipinski definition) is 6. The number of amidine groups is 1. The van der Waals surface area contributed by atoms with Crippen LogP contribution in [0.15, 0.2) is 60.9 Å². The van der Waals surface area contributed by atoms with Crippen LogP contribution in [-0.2, 0) is 33.3 Å². The van der Waals surface area contributed by atoms with E-state index in [1.54, 1.807) is 12.4 Å². The molecule has 1 aliphatic heterocycles. The van der Waals surface area contributed by atoms with Crippen LogP contribution in [0.25, 0.3) is 33.0 Å². The van der Waals surface area contributed by atoms with Gasteiger partial charge in [0, 0.05) is 64.7 Å². The molecule has 0 spiro atoms. The first-order valence-electron chi connectivity index (χ1n) is 11.7. The Labute approximate surface area is 223 Å². The highest BCUT2D eigenvalue weighted by Crippen LogP contribution is 2.41. The van der Waals surface area contributed by atoms with Gasteiger partial charge in [0.15, 0.2) is 11.0 Å². The van der Waals surface area contributed by atoms with Crippen LogP contribution >= 0.6 is 11.8 Å². The average molecular weight is 552 g/mol. The van der Waals surface area contributed by atoms with Gasteiger partial charge in [-0.1, -0.05) is 48.2 Å². The minimum Gasteiger partial charge on any atom is -0.379 e. The minimum atomic E-state index is -4.66. The van der Waals surface area contributed by atoms with E-state index in [-0.39, 0.29) is 16.3 Å². The molecule has 5 rings (SSSR count). The molecule has 0 saturated carbocycles. The van der Waals surface area contributed by atoms with Crippen LogP contribution in [0.4, 0.5) is 0 Å². The lowest BCUT2D eigenvalue weighted by Gasteiger charge is -2.12. The van der Waals surface area contributed by atoms with Crippen molar-refractivity contribution in [1.82, 2.24) is 14.0 Å². The van der Waals surface area contributed by atoms with E-state index in [0.29, 0.717) is 34.7 Å². The van der Waals surface area contributed by atoms with Gasteiger partial charge in [0.25, 0.3) is 21.9 Å². The molecular formula is C26H25N5O5S2. The number of carbonyl (C=O) groups excluding carboxylic acids is 2. The summed E-state index contributed by atoms with van der Waals surface area (Å²) in [6.45, 7) is 0.578. The Hall–Kier alpha value is -3.87. The van der Waals surface area contributed by atoms with Crippen molar-refractivity contribution in [1.29, 1.82) is 5.41 Å². The Balaban J connectivity index is 1.72. The van der Waals surface area contributed by atoms with Crippen LogP contribution in [0.2, 0.25) is 0 Å². The monoisotopic (exact) mass is 551 g/mol. The first-order valence-corrected chi connectivity index (χ1v) is 14.3. The van der Waals surface area contributed by atoms with Crippen molar-refractivity contribution in [2.45, 2.75) is 13.0 Å². The highest BCUT2D eigenvalue weighted by Gasteiger charge is 2.43. The van der Waals surface area contributed by atoms with Crippen LogP contribution in [0.1, 0.15) is 17.5 Å². The standard InChI is InChI=1S/C26H25N5O5S2/c1-29-13-18(16-7-2-4-9-20(16)29)22-23(25(33)31(24(22)32)15-38(34,35)36)19-14-30(11-6-12-37-26(27)28)21-10-5-3-8-17(19)21/h2-5,7-10,13-14H,6,11-12,15H2,1H3,(H3,27,28)(H,34,35,36). The number of rotatable bonds is 8. The van der Waals surface area contributed by atoms with Gasteiger partial charge >= 0.3 is 0 Å². The summed E-state index contributed by atoms with van der Waals surface area (Å²) in [5.41, 5.74) is 8.30. The van der Waals surface area contributed by atoms with Gasteiger partial charge in [-0.3, -0.25) is 24.5 Å². The van der Waals surface area contributed by atoms with E-state index in [9.17, 15) is 22.6 Å². The number of para-hydroxylation sites is 2. The minimum absolute atomic E-state index is 0.0435. The Bertz CT molecular complexity index is 1770. The van der Waals surface area contributed by atoms with Crippen LogP contribution in [0.5, 0.6) is 0 Å². The summed E-state index contributed by atoms with van der Waals surface area (Å²) < 4.78 is 36.8. The van der Waals surface area contributed by atoms with Crippen molar-refractivity contribution in [2.75, 3.05) is 11.6 Å². The average Bonchev–Trinajstić information content (AvgIpc) is 3.47. The first-order chi connectivity index (χ1) is 18.1. The molecule has 0 saturated heterocycles. The SMILES string of the molecule is Cn1cc(C2=C(c3cn(CCCSC(=N)N)c4ccccc34)C(=O)N(CS(=O)(=O)O)C2=O)c2ccccc21. The largest absolute Gasteiger partial charge is 0.379 e. The Kier molecular flexibility index (Phi) is 6.63. The fourth-order valence-corrected chi connectivity index (χ4v) is 6.00. The number of nitrogens with one attached hydrogen (secondary N) is 1. The molecule has 1 aliphatic rings. The van der Waals surface area contributed by atoms with Gasteiger partial charge < -0.3 is 14.9 Å². The molecule has 4 aromatic rings. The van der Waals surface area contributed by atoms with Crippen LogP contribution in [-0.4, -0.2) is 55.6 Å². The zero-order valence-electron chi connectivity index (χ0n) is 20.4. The number of imide groups is 1. The molecule has 0 bridgehead atoms. The van der Waals surface area contributed by atoms with Crippen LogP contribution in [0, 0.1) is 5.41 Å². The predicted octanol–water partition coefficient (Wildman–Crippen LogP) is 3.27. The first kappa shape index (κ1) is 25.8. The van der Waals surface area contributed by atoms with Gasteiger partial charge in [-0.2, -0.15) is 8.42 Å². The Morgan fingerprint density at radius 3 is 2.11 bits per heavy atom. The van der Waals surface area contributed by atoms with Gasteiger partial charge in [0.2, 0.25) is 0 Å². The number of benzene rings is 2. The molecule has 0 aliphatic carbocycles. The molecule has 2 aromatic heterocycles. The summed E-state index contributed by atoms with van der Waals surface area (Å²) in [6.07, 6.45) is 4.26. The second kappa shape index (κ2) is 9.78. The van der Waals surface area contributed by atoms with Gasteiger partial charge in [-0.15, -0.1) is 0 Å². The summed E-state index contributed by atoms with van der Waals surface area (Å²) in [7, 11) is -2.84. The van der Waals surface area contributed by atoms with Crippen molar-refractivity contribution in [2.24, 2.45) is 12.8 Å². The molecule has 0 atom stereocenters.